The smallest absolute Gasteiger partial charge is 0.316 e. The molecule has 0 aliphatic heterocycles. The van der Waals surface area contributed by atoms with E-state index >= 15 is 0 Å². The second kappa shape index (κ2) is 6.22. The number of carbonyl (C=O) groups is 2. The summed E-state index contributed by atoms with van der Waals surface area (Å²) in [6, 6.07) is 0. The molecule has 0 aliphatic carbocycles. The molecule has 0 aromatic carbocycles. The van der Waals surface area contributed by atoms with Crippen molar-refractivity contribution in [2.75, 3.05) is 12.9 Å². The molecule has 0 aliphatic rings. The van der Waals surface area contributed by atoms with Gasteiger partial charge in [-0.15, -0.1) is 0 Å². The lowest BCUT2D eigenvalue weighted by Gasteiger charge is -1.96. The minimum atomic E-state index is -0.348. The summed E-state index contributed by atoms with van der Waals surface area (Å²) in [5.41, 5.74) is 0. The highest BCUT2D eigenvalue weighted by molar-refractivity contribution is 8.14. The number of thioether (sulfide) groups is 1. The van der Waals surface area contributed by atoms with Gasteiger partial charge in [0.2, 0.25) is 0 Å². The summed E-state index contributed by atoms with van der Waals surface area (Å²) in [5, 5.41) is 0.0536. The van der Waals surface area contributed by atoms with Gasteiger partial charge in [0.05, 0.1) is 12.9 Å². The average molecular weight is 176 g/mol. The van der Waals surface area contributed by atoms with Crippen molar-refractivity contribution in [3.8, 4) is 0 Å². The Morgan fingerprint density at radius 1 is 1.45 bits per heavy atom. The van der Waals surface area contributed by atoms with Crippen LogP contribution in [0, 0.1) is 0 Å². The van der Waals surface area contributed by atoms with Crippen LogP contribution in [0.5, 0.6) is 0 Å². The summed E-state index contributed by atoms with van der Waals surface area (Å²) in [6.45, 7) is 1.93. The van der Waals surface area contributed by atoms with Crippen molar-refractivity contribution in [1.29, 1.82) is 0 Å². The van der Waals surface area contributed by atoms with E-state index in [1.54, 1.807) is 0 Å². The fraction of sp³-hybridized carbons (Fsp3) is 0.714. The van der Waals surface area contributed by atoms with E-state index < -0.39 is 0 Å². The van der Waals surface area contributed by atoms with E-state index in [1.807, 2.05) is 6.92 Å². The summed E-state index contributed by atoms with van der Waals surface area (Å²) < 4.78 is 4.37. The van der Waals surface area contributed by atoms with Crippen molar-refractivity contribution in [3.05, 3.63) is 0 Å². The van der Waals surface area contributed by atoms with E-state index in [0.29, 0.717) is 6.42 Å². The molecule has 4 heteroatoms. The number of ether oxygens (including phenoxy) is 1. The van der Waals surface area contributed by atoms with Crippen LogP contribution in [0.3, 0.4) is 0 Å². The molecule has 0 unspecified atom stereocenters. The number of carbonyl (C=O) groups excluding carboxylic acids is 2. The van der Waals surface area contributed by atoms with Crippen LogP contribution in [0.15, 0.2) is 0 Å². The first kappa shape index (κ1) is 10.5. The van der Waals surface area contributed by atoms with Crippen LogP contribution in [0.1, 0.15) is 19.8 Å². The van der Waals surface area contributed by atoms with Gasteiger partial charge in [-0.3, -0.25) is 9.59 Å². The van der Waals surface area contributed by atoms with Crippen LogP contribution in [-0.2, 0) is 14.3 Å². The quantitative estimate of drug-likeness (QED) is 0.604. The molecule has 0 saturated heterocycles. The van der Waals surface area contributed by atoms with E-state index in [1.165, 1.54) is 7.11 Å². The third kappa shape index (κ3) is 5.91. The molecule has 11 heavy (non-hydrogen) atoms. The van der Waals surface area contributed by atoms with Gasteiger partial charge in [0.25, 0.3) is 0 Å². The molecule has 0 aromatic heterocycles. The van der Waals surface area contributed by atoms with Gasteiger partial charge < -0.3 is 4.74 Å². The normalized spacial score (nSPS) is 9.27. The Morgan fingerprint density at radius 2 is 2.09 bits per heavy atom. The maximum Gasteiger partial charge on any atom is 0.316 e. The maximum absolute atomic E-state index is 10.8. The molecule has 3 nitrogen and oxygen atoms in total. The van der Waals surface area contributed by atoms with Crippen molar-refractivity contribution < 1.29 is 14.3 Å². The zero-order chi connectivity index (χ0) is 8.69. The van der Waals surface area contributed by atoms with E-state index in [2.05, 4.69) is 4.74 Å². The van der Waals surface area contributed by atoms with Crippen molar-refractivity contribution in [2.45, 2.75) is 19.8 Å². The molecule has 0 saturated carbocycles. The van der Waals surface area contributed by atoms with Crippen molar-refractivity contribution in [1.82, 2.24) is 0 Å². The van der Waals surface area contributed by atoms with Crippen LogP contribution >= 0.6 is 11.8 Å². The molecule has 0 radical (unpaired) electrons. The minimum absolute atomic E-state index is 0.0536. The number of hydrogen-bond donors (Lipinski definition) is 0. The topological polar surface area (TPSA) is 43.4 Å². The van der Waals surface area contributed by atoms with E-state index in [9.17, 15) is 9.59 Å². The molecule has 0 fully saturated rings. The Bertz CT molecular complexity index is 145. The lowest BCUT2D eigenvalue weighted by atomic mass is 10.4. The van der Waals surface area contributed by atoms with Gasteiger partial charge in [-0.05, 0) is 6.42 Å². The summed E-state index contributed by atoms with van der Waals surface area (Å²) >= 11 is 1.02. The first-order valence-corrected chi connectivity index (χ1v) is 4.41. The standard InChI is InChI=1S/C7H12O3S/c1-3-4-7(9)11-5-6(8)10-2/h3-5H2,1-2H3. The zero-order valence-corrected chi connectivity index (χ0v) is 7.57. The summed E-state index contributed by atoms with van der Waals surface area (Å²) in [7, 11) is 1.31. The predicted molar refractivity (Wildman–Crippen MR) is 44.4 cm³/mol. The van der Waals surface area contributed by atoms with Crippen molar-refractivity contribution >= 4 is 22.8 Å². The summed E-state index contributed by atoms with van der Waals surface area (Å²) in [5.74, 6) is -0.213. The number of methoxy groups -OCH3 is 1. The molecule has 0 atom stereocenters. The monoisotopic (exact) mass is 176 g/mol. The molecular formula is C7H12O3S. The van der Waals surface area contributed by atoms with Gasteiger partial charge in [0.1, 0.15) is 0 Å². The molecule has 0 heterocycles. The molecule has 0 aromatic rings. The van der Waals surface area contributed by atoms with Gasteiger partial charge in [-0.1, -0.05) is 18.7 Å². The first-order valence-electron chi connectivity index (χ1n) is 3.43. The molecule has 0 spiro atoms. The molecule has 64 valence electrons. The number of rotatable bonds is 4. The lowest BCUT2D eigenvalue weighted by molar-refractivity contribution is -0.137. The highest BCUT2D eigenvalue weighted by atomic mass is 32.2. The van der Waals surface area contributed by atoms with Crippen LogP contribution in [0.25, 0.3) is 0 Å². The second-order valence-electron chi connectivity index (χ2n) is 1.99. The Hall–Kier alpha value is -0.510. The highest BCUT2D eigenvalue weighted by Gasteiger charge is 2.05. The lowest BCUT2D eigenvalue weighted by Crippen LogP contribution is -2.05. The third-order valence-electron chi connectivity index (χ3n) is 1.03. The van der Waals surface area contributed by atoms with Gasteiger partial charge >= 0.3 is 5.97 Å². The molecular weight excluding hydrogens is 164 g/mol. The Kier molecular flexibility index (Phi) is 5.93. The molecule has 0 rings (SSSR count). The average Bonchev–Trinajstić information content (AvgIpc) is 2.01. The van der Waals surface area contributed by atoms with E-state index in [4.69, 9.17) is 0 Å². The van der Waals surface area contributed by atoms with Crippen LogP contribution in [0.2, 0.25) is 0 Å². The fourth-order valence-corrected chi connectivity index (χ4v) is 1.22. The first-order chi connectivity index (χ1) is 5.20. The minimum Gasteiger partial charge on any atom is -0.468 e. The largest absolute Gasteiger partial charge is 0.468 e. The maximum atomic E-state index is 10.8. The van der Waals surface area contributed by atoms with E-state index in [-0.39, 0.29) is 16.8 Å². The Balaban J connectivity index is 3.38. The Labute approximate surface area is 70.5 Å². The summed E-state index contributed by atoms with van der Waals surface area (Å²) in [6.07, 6.45) is 1.36. The highest BCUT2D eigenvalue weighted by Crippen LogP contribution is 2.06. The third-order valence-corrected chi connectivity index (χ3v) is 1.94. The SMILES string of the molecule is CCCC(=O)SCC(=O)OC. The molecule has 0 amide bonds. The van der Waals surface area contributed by atoms with Crippen LogP contribution in [0.4, 0.5) is 0 Å². The van der Waals surface area contributed by atoms with Crippen LogP contribution in [-0.4, -0.2) is 23.9 Å². The molecule has 0 N–H and O–H groups in total. The van der Waals surface area contributed by atoms with Crippen molar-refractivity contribution in [3.63, 3.8) is 0 Å². The van der Waals surface area contributed by atoms with Crippen LogP contribution < -0.4 is 0 Å². The van der Waals surface area contributed by atoms with Gasteiger partial charge in [0, 0.05) is 6.42 Å². The van der Waals surface area contributed by atoms with Crippen molar-refractivity contribution in [2.24, 2.45) is 0 Å². The zero-order valence-electron chi connectivity index (χ0n) is 6.75. The Morgan fingerprint density at radius 3 is 2.55 bits per heavy atom. The van der Waals surface area contributed by atoms with Gasteiger partial charge in [0.15, 0.2) is 5.12 Å². The molecule has 0 bridgehead atoms. The van der Waals surface area contributed by atoms with Gasteiger partial charge in [-0.25, -0.2) is 0 Å². The van der Waals surface area contributed by atoms with E-state index in [0.717, 1.165) is 18.2 Å². The predicted octanol–water partition coefficient (Wildman–Crippen LogP) is 1.22. The fourth-order valence-electron chi connectivity index (χ4n) is 0.475. The number of esters is 1. The number of hydrogen-bond acceptors (Lipinski definition) is 4. The van der Waals surface area contributed by atoms with Gasteiger partial charge in [-0.2, -0.15) is 0 Å². The summed E-state index contributed by atoms with van der Waals surface area (Å²) in [4.78, 5) is 21.3. The second-order valence-corrected chi connectivity index (χ2v) is 3.02.